The number of hydrogen-bond acceptors (Lipinski definition) is 3. The van der Waals surface area contributed by atoms with E-state index in [4.69, 9.17) is 0 Å². The molecule has 0 aliphatic carbocycles. The van der Waals surface area contributed by atoms with Crippen molar-refractivity contribution in [3.63, 3.8) is 0 Å². The molecular weight excluding hydrogens is 336 g/mol. The largest absolute Gasteiger partial charge is 0.299 e. The minimum atomic E-state index is -0.669. The molecule has 2 aliphatic heterocycles. The summed E-state index contributed by atoms with van der Waals surface area (Å²) in [4.78, 5) is 37.7. The molecule has 1 atom stereocenters. The molecule has 0 bridgehead atoms. The molecule has 2 aliphatic rings. The third-order valence-corrected chi connectivity index (χ3v) is 4.66. The van der Waals surface area contributed by atoms with E-state index < -0.39 is 17.4 Å². The average molecular weight is 351 g/mol. The van der Waals surface area contributed by atoms with E-state index in [0.29, 0.717) is 6.42 Å². The van der Waals surface area contributed by atoms with Gasteiger partial charge < -0.3 is 0 Å². The molecule has 1 fully saturated rings. The van der Waals surface area contributed by atoms with Crippen molar-refractivity contribution in [3.05, 3.63) is 28.2 Å². The van der Waals surface area contributed by atoms with Gasteiger partial charge in [-0.2, -0.15) is 0 Å². The van der Waals surface area contributed by atoms with Crippen LogP contribution in [-0.2, 0) is 19.8 Å². The smallest absolute Gasteiger partial charge is 0.249 e. The molecule has 2 heterocycles. The van der Waals surface area contributed by atoms with E-state index in [2.05, 4.69) is 21.2 Å². The van der Waals surface area contributed by atoms with Crippen LogP contribution in [0.3, 0.4) is 0 Å². The first-order valence-electron chi connectivity index (χ1n) is 6.80. The number of nitrogens with one attached hydrogen (secondary N) is 1. The summed E-state index contributed by atoms with van der Waals surface area (Å²) >= 11 is 3.41. The number of imide groups is 1. The Morgan fingerprint density at radius 3 is 2.67 bits per heavy atom. The number of hydrogen-bond donors (Lipinski definition) is 1. The van der Waals surface area contributed by atoms with Crippen molar-refractivity contribution in [2.45, 2.75) is 38.1 Å². The standard InChI is InChI=1S/C15H15BrN2O3/c1-15(2)9-4-3-8(16)7-11(9)18(14(15)21)10-5-6-12(19)17-13(10)20/h3-4,7,10H,5-6H2,1-2H3,(H,17,19,20). The van der Waals surface area contributed by atoms with Gasteiger partial charge in [0.05, 0.1) is 5.41 Å². The lowest BCUT2D eigenvalue weighted by atomic mass is 9.86. The van der Waals surface area contributed by atoms with E-state index in [1.165, 1.54) is 0 Å². The molecule has 1 saturated heterocycles. The van der Waals surface area contributed by atoms with Gasteiger partial charge in [-0.15, -0.1) is 0 Å². The molecule has 5 nitrogen and oxygen atoms in total. The van der Waals surface area contributed by atoms with Crippen LogP contribution in [0.2, 0.25) is 0 Å². The van der Waals surface area contributed by atoms with E-state index in [1.54, 1.807) is 4.90 Å². The molecule has 1 aromatic carbocycles. The average Bonchev–Trinajstić information content (AvgIpc) is 2.58. The zero-order chi connectivity index (χ0) is 15.4. The SMILES string of the molecule is CC1(C)C(=O)N(C2CCC(=O)NC2=O)c2cc(Br)ccc21. The maximum absolute atomic E-state index is 12.8. The summed E-state index contributed by atoms with van der Waals surface area (Å²) in [7, 11) is 0. The highest BCUT2D eigenvalue weighted by molar-refractivity contribution is 9.10. The van der Waals surface area contributed by atoms with E-state index in [-0.39, 0.29) is 18.2 Å². The Morgan fingerprint density at radius 1 is 1.29 bits per heavy atom. The van der Waals surface area contributed by atoms with E-state index in [0.717, 1.165) is 15.7 Å². The highest BCUT2D eigenvalue weighted by Gasteiger charge is 2.48. The number of nitrogens with zero attached hydrogens (tertiary/aromatic N) is 1. The Kier molecular flexibility index (Phi) is 3.16. The molecule has 1 unspecified atom stereocenters. The molecule has 6 heteroatoms. The minimum absolute atomic E-state index is 0.106. The molecule has 1 N–H and O–H groups in total. The third kappa shape index (κ3) is 2.09. The van der Waals surface area contributed by atoms with Gasteiger partial charge in [0.2, 0.25) is 17.7 Å². The number of carbonyl (C=O) groups is 3. The molecule has 3 rings (SSSR count). The van der Waals surface area contributed by atoms with Crippen LogP contribution in [0.4, 0.5) is 5.69 Å². The lowest BCUT2D eigenvalue weighted by molar-refractivity contribution is -0.136. The lowest BCUT2D eigenvalue weighted by Gasteiger charge is -2.31. The van der Waals surface area contributed by atoms with Gasteiger partial charge in [0.25, 0.3) is 0 Å². The van der Waals surface area contributed by atoms with E-state index >= 15 is 0 Å². The molecule has 0 spiro atoms. The Balaban J connectivity index is 2.08. The summed E-state index contributed by atoms with van der Waals surface area (Å²) in [6.45, 7) is 3.71. The predicted octanol–water partition coefficient (Wildman–Crippen LogP) is 1.88. The van der Waals surface area contributed by atoms with Gasteiger partial charge in [-0.05, 0) is 38.0 Å². The van der Waals surface area contributed by atoms with Gasteiger partial charge in [0.15, 0.2) is 0 Å². The number of fused-ring (bicyclic) bond motifs is 1. The summed E-state index contributed by atoms with van der Waals surface area (Å²) in [5, 5.41) is 2.32. The van der Waals surface area contributed by atoms with Crippen LogP contribution in [0, 0.1) is 0 Å². The molecule has 0 aromatic heterocycles. The van der Waals surface area contributed by atoms with Crippen molar-refractivity contribution in [2.24, 2.45) is 0 Å². The topological polar surface area (TPSA) is 66.5 Å². The second-order valence-corrected chi connectivity index (χ2v) is 6.84. The molecule has 1 aromatic rings. The van der Waals surface area contributed by atoms with Crippen LogP contribution >= 0.6 is 15.9 Å². The predicted molar refractivity (Wildman–Crippen MR) is 80.8 cm³/mol. The number of carbonyl (C=O) groups excluding carboxylic acids is 3. The first kappa shape index (κ1) is 14.3. The molecule has 21 heavy (non-hydrogen) atoms. The number of piperidine rings is 1. The highest BCUT2D eigenvalue weighted by Crippen LogP contribution is 2.44. The highest BCUT2D eigenvalue weighted by atomic mass is 79.9. The van der Waals surface area contributed by atoms with Gasteiger partial charge in [-0.1, -0.05) is 22.0 Å². The summed E-state index contributed by atoms with van der Waals surface area (Å²) in [5.41, 5.74) is 0.979. The monoisotopic (exact) mass is 350 g/mol. The number of halogens is 1. The van der Waals surface area contributed by atoms with Crippen LogP contribution in [0.25, 0.3) is 0 Å². The van der Waals surface area contributed by atoms with Gasteiger partial charge in [-0.25, -0.2) is 0 Å². The van der Waals surface area contributed by atoms with Crippen molar-refractivity contribution in [1.29, 1.82) is 0 Å². The molecular formula is C15H15BrN2O3. The summed E-state index contributed by atoms with van der Waals surface area (Å²) < 4.78 is 0.851. The first-order valence-corrected chi connectivity index (χ1v) is 7.59. The maximum atomic E-state index is 12.8. The Labute approximate surface area is 130 Å². The number of benzene rings is 1. The van der Waals surface area contributed by atoms with Gasteiger partial charge in [0.1, 0.15) is 6.04 Å². The summed E-state index contributed by atoms with van der Waals surface area (Å²) in [6.07, 6.45) is 0.613. The second kappa shape index (κ2) is 4.66. The quantitative estimate of drug-likeness (QED) is 0.786. The van der Waals surface area contributed by atoms with Crippen LogP contribution in [0.1, 0.15) is 32.3 Å². The van der Waals surface area contributed by atoms with E-state index in [1.807, 2.05) is 32.0 Å². The van der Waals surface area contributed by atoms with Crippen molar-refractivity contribution < 1.29 is 14.4 Å². The summed E-state index contributed by atoms with van der Waals surface area (Å²) in [6, 6.07) is 5.03. The second-order valence-electron chi connectivity index (χ2n) is 5.93. The van der Waals surface area contributed by atoms with Crippen LogP contribution in [0.15, 0.2) is 22.7 Å². The molecule has 3 amide bonds. The molecule has 110 valence electrons. The van der Waals surface area contributed by atoms with Crippen molar-refractivity contribution >= 4 is 39.3 Å². The molecule has 0 radical (unpaired) electrons. The van der Waals surface area contributed by atoms with E-state index in [9.17, 15) is 14.4 Å². The fraction of sp³-hybridized carbons (Fsp3) is 0.400. The minimum Gasteiger partial charge on any atom is -0.299 e. The van der Waals surface area contributed by atoms with Crippen molar-refractivity contribution in [3.8, 4) is 0 Å². The normalized spacial score (nSPS) is 24.0. The summed E-state index contributed by atoms with van der Waals surface area (Å²) in [5.74, 6) is -0.787. The van der Waals surface area contributed by atoms with Crippen LogP contribution < -0.4 is 10.2 Å². The number of anilines is 1. The lowest BCUT2D eigenvalue weighted by Crippen LogP contribution is -2.55. The van der Waals surface area contributed by atoms with Crippen LogP contribution in [-0.4, -0.2) is 23.8 Å². The fourth-order valence-corrected chi connectivity index (χ4v) is 3.35. The molecule has 0 saturated carbocycles. The van der Waals surface area contributed by atoms with Crippen molar-refractivity contribution in [1.82, 2.24) is 5.32 Å². The van der Waals surface area contributed by atoms with Crippen molar-refractivity contribution in [2.75, 3.05) is 4.90 Å². The first-order chi connectivity index (χ1) is 9.82. The number of rotatable bonds is 1. The Hall–Kier alpha value is -1.69. The van der Waals surface area contributed by atoms with Crippen LogP contribution in [0.5, 0.6) is 0 Å². The fourth-order valence-electron chi connectivity index (χ4n) is 3.00. The van der Waals surface area contributed by atoms with Gasteiger partial charge in [0, 0.05) is 16.6 Å². The zero-order valence-corrected chi connectivity index (χ0v) is 13.4. The Morgan fingerprint density at radius 2 is 2.00 bits per heavy atom. The van der Waals surface area contributed by atoms with Gasteiger partial charge >= 0.3 is 0 Å². The number of amides is 3. The van der Waals surface area contributed by atoms with Gasteiger partial charge in [-0.3, -0.25) is 24.6 Å². The zero-order valence-electron chi connectivity index (χ0n) is 11.8. The Bertz CT molecular complexity index is 669. The third-order valence-electron chi connectivity index (χ3n) is 4.17. The maximum Gasteiger partial charge on any atom is 0.249 e.